The summed E-state index contributed by atoms with van der Waals surface area (Å²) < 4.78 is 1.20. The van der Waals surface area contributed by atoms with E-state index in [2.05, 4.69) is 27.9 Å². The van der Waals surface area contributed by atoms with Gasteiger partial charge in [-0.25, -0.2) is 0 Å². The van der Waals surface area contributed by atoms with Crippen molar-refractivity contribution in [3.63, 3.8) is 0 Å². The predicted octanol–water partition coefficient (Wildman–Crippen LogP) is 4.33. The van der Waals surface area contributed by atoms with Crippen LogP contribution in [0.5, 0.6) is 0 Å². The van der Waals surface area contributed by atoms with E-state index in [1.165, 1.54) is 36.8 Å². The summed E-state index contributed by atoms with van der Waals surface area (Å²) in [6, 6.07) is 0. The molecule has 0 aromatic heterocycles. The molecule has 0 unspecified atom stereocenters. The molecule has 0 saturated carbocycles. The Morgan fingerprint density at radius 3 is 1.43 bits per heavy atom. The average molecular weight is 204 g/mol. The number of hydrogen-bond donors (Lipinski definition) is 0. The summed E-state index contributed by atoms with van der Waals surface area (Å²) >= 11 is 0. The molecule has 14 heavy (non-hydrogen) atoms. The highest BCUT2D eigenvalue weighted by Crippen LogP contribution is 2.02. The summed E-state index contributed by atoms with van der Waals surface area (Å²) in [5, 5.41) is 0. The van der Waals surface area contributed by atoms with Crippen LogP contribution in [0.2, 0.25) is 0 Å². The molecule has 0 saturated heterocycles. The van der Waals surface area contributed by atoms with Gasteiger partial charge in [0.2, 0.25) is 0 Å². The van der Waals surface area contributed by atoms with E-state index >= 15 is 0 Å². The standard InChI is InChI=1S/C9H22N.2C2H6/c1-5-7-9-10(3,4)8-6-2;2*1-2/h5-9H2,1-4H3;2*1-2H3/q+1;;. The van der Waals surface area contributed by atoms with E-state index in [4.69, 9.17) is 0 Å². The van der Waals surface area contributed by atoms with Crippen LogP contribution in [0.4, 0.5) is 0 Å². The highest BCUT2D eigenvalue weighted by atomic mass is 15.3. The SMILES string of the molecule is CC.CC.CCCC[N+](C)(C)CCC. The second-order valence-corrected chi connectivity index (χ2v) is 3.74. The molecule has 1 nitrogen and oxygen atoms in total. The summed E-state index contributed by atoms with van der Waals surface area (Å²) in [6.07, 6.45) is 4.00. The fourth-order valence-electron chi connectivity index (χ4n) is 1.30. The van der Waals surface area contributed by atoms with Crippen LogP contribution in [0, 0.1) is 0 Å². The maximum Gasteiger partial charge on any atom is 0.0782 e. The minimum absolute atomic E-state index is 1.20. The molecule has 1 heteroatoms. The molecule has 0 atom stereocenters. The summed E-state index contributed by atoms with van der Waals surface area (Å²) in [7, 11) is 4.64. The molecule has 90 valence electrons. The third kappa shape index (κ3) is 17.9. The Balaban J connectivity index is -0.000000266. The van der Waals surface area contributed by atoms with Gasteiger partial charge >= 0.3 is 0 Å². The number of nitrogens with zero attached hydrogens (tertiary/aromatic N) is 1. The van der Waals surface area contributed by atoms with Crippen LogP contribution in [0.15, 0.2) is 0 Å². The fourth-order valence-corrected chi connectivity index (χ4v) is 1.30. The van der Waals surface area contributed by atoms with Gasteiger partial charge in [-0.2, -0.15) is 0 Å². The van der Waals surface area contributed by atoms with E-state index in [1.807, 2.05) is 27.7 Å². The summed E-state index contributed by atoms with van der Waals surface area (Å²) in [4.78, 5) is 0. The first-order valence-corrected chi connectivity index (χ1v) is 6.44. The van der Waals surface area contributed by atoms with Crippen molar-refractivity contribution in [1.29, 1.82) is 0 Å². The van der Waals surface area contributed by atoms with Crippen molar-refractivity contribution in [2.45, 2.75) is 60.8 Å². The van der Waals surface area contributed by atoms with Gasteiger partial charge in [0, 0.05) is 0 Å². The number of rotatable bonds is 5. The van der Waals surface area contributed by atoms with Gasteiger partial charge in [-0.05, 0) is 12.8 Å². The van der Waals surface area contributed by atoms with Gasteiger partial charge < -0.3 is 4.48 Å². The third-order valence-electron chi connectivity index (χ3n) is 1.95. The Bertz CT molecular complexity index is 77.3. The average Bonchev–Trinajstić information content (AvgIpc) is 2.21. The molecule has 0 heterocycles. The predicted molar refractivity (Wildman–Crippen MR) is 69.7 cm³/mol. The highest BCUT2D eigenvalue weighted by Gasteiger charge is 2.10. The maximum atomic E-state index is 2.32. The zero-order valence-electron chi connectivity index (χ0n) is 12.0. The van der Waals surface area contributed by atoms with Crippen molar-refractivity contribution in [3.8, 4) is 0 Å². The van der Waals surface area contributed by atoms with Gasteiger partial charge in [-0.3, -0.25) is 0 Å². The zero-order valence-corrected chi connectivity index (χ0v) is 12.0. The molecule has 0 bridgehead atoms. The number of quaternary nitrogens is 1. The van der Waals surface area contributed by atoms with Gasteiger partial charge in [-0.15, -0.1) is 0 Å². The second-order valence-electron chi connectivity index (χ2n) is 3.74. The molecular formula is C13H34N+. The lowest BCUT2D eigenvalue weighted by atomic mass is 10.3. The van der Waals surface area contributed by atoms with Crippen molar-refractivity contribution >= 4 is 0 Å². The van der Waals surface area contributed by atoms with E-state index in [0.29, 0.717) is 0 Å². The Morgan fingerprint density at radius 2 is 1.14 bits per heavy atom. The monoisotopic (exact) mass is 204 g/mol. The molecule has 0 rings (SSSR count). The Hall–Kier alpha value is -0.0400. The van der Waals surface area contributed by atoms with Crippen LogP contribution in [0.1, 0.15) is 60.8 Å². The van der Waals surface area contributed by atoms with Crippen molar-refractivity contribution in [2.24, 2.45) is 0 Å². The van der Waals surface area contributed by atoms with Gasteiger partial charge in [0.1, 0.15) is 0 Å². The molecule has 0 aromatic carbocycles. The van der Waals surface area contributed by atoms with Gasteiger partial charge in [0.15, 0.2) is 0 Å². The number of unbranched alkanes of at least 4 members (excludes halogenated alkanes) is 1. The smallest absolute Gasteiger partial charge is 0.0782 e. The molecule has 0 aliphatic heterocycles. The van der Waals surface area contributed by atoms with Crippen LogP contribution in [0.3, 0.4) is 0 Å². The maximum absolute atomic E-state index is 2.32. The molecule has 0 amide bonds. The molecule has 0 aliphatic carbocycles. The first kappa shape index (κ1) is 19.5. The first-order valence-electron chi connectivity index (χ1n) is 6.44. The molecule has 0 aromatic rings. The van der Waals surface area contributed by atoms with E-state index in [1.54, 1.807) is 0 Å². The van der Waals surface area contributed by atoms with E-state index in [0.717, 1.165) is 0 Å². The van der Waals surface area contributed by atoms with Crippen LogP contribution in [-0.4, -0.2) is 31.7 Å². The van der Waals surface area contributed by atoms with Crippen LogP contribution >= 0.6 is 0 Å². The molecule has 0 aliphatic rings. The van der Waals surface area contributed by atoms with Gasteiger partial charge in [0.25, 0.3) is 0 Å². The Kier molecular flexibility index (Phi) is 21.5. The molecule has 0 N–H and O–H groups in total. The lowest BCUT2D eigenvalue weighted by Crippen LogP contribution is -2.40. The first-order chi connectivity index (χ1) is 6.62. The third-order valence-corrected chi connectivity index (χ3v) is 1.95. The van der Waals surface area contributed by atoms with Crippen LogP contribution in [-0.2, 0) is 0 Å². The van der Waals surface area contributed by atoms with Gasteiger partial charge in [-0.1, -0.05) is 48.0 Å². The lowest BCUT2D eigenvalue weighted by molar-refractivity contribution is -0.890. The Labute approximate surface area is 93.1 Å². The van der Waals surface area contributed by atoms with Crippen molar-refractivity contribution in [1.82, 2.24) is 0 Å². The second kappa shape index (κ2) is 15.4. The lowest BCUT2D eigenvalue weighted by Gasteiger charge is -2.29. The van der Waals surface area contributed by atoms with Gasteiger partial charge in [0.05, 0.1) is 27.2 Å². The fraction of sp³-hybridized carbons (Fsp3) is 1.00. The van der Waals surface area contributed by atoms with Crippen LogP contribution < -0.4 is 0 Å². The minimum atomic E-state index is 1.20. The van der Waals surface area contributed by atoms with E-state index in [-0.39, 0.29) is 0 Å². The quantitative estimate of drug-likeness (QED) is 0.585. The Morgan fingerprint density at radius 1 is 0.714 bits per heavy atom. The topological polar surface area (TPSA) is 0 Å². The minimum Gasteiger partial charge on any atom is -0.328 e. The molecule has 0 spiro atoms. The summed E-state index contributed by atoms with van der Waals surface area (Å²) in [5.74, 6) is 0. The van der Waals surface area contributed by atoms with Crippen molar-refractivity contribution in [3.05, 3.63) is 0 Å². The van der Waals surface area contributed by atoms with Crippen molar-refractivity contribution in [2.75, 3.05) is 27.2 Å². The van der Waals surface area contributed by atoms with Crippen molar-refractivity contribution < 1.29 is 4.48 Å². The van der Waals surface area contributed by atoms with E-state index < -0.39 is 0 Å². The van der Waals surface area contributed by atoms with Crippen LogP contribution in [0.25, 0.3) is 0 Å². The molecule has 0 fully saturated rings. The normalized spacial score (nSPS) is 9.43. The molecular weight excluding hydrogens is 170 g/mol. The summed E-state index contributed by atoms with van der Waals surface area (Å²) in [5.41, 5.74) is 0. The molecule has 0 radical (unpaired) electrons. The number of hydrogen-bond acceptors (Lipinski definition) is 0. The zero-order chi connectivity index (χ0) is 12.0. The largest absolute Gasteiger partial charge is 0.328 e. The van der Waals surface area contributed by atoms with E-state index in [9.17, 15) is 0 Å². The highest BCUT2D eigenvalue weighted by molar-refractivity contribution is 4.34. The summed E-state index contributed by atoms with van der Waals surface area (Å²) in [6.45, 7) is 15.2.